The summed E-state index contributed by atoms with van der Waals surface area (Å²) < 4.78 is 0. The van der Waals surface area contributed by atoms with Crippen LogP contribution in [0.4, 0.5) is 0 Å². The van der Waals surface area contributed by atoms with Gasteiger partial charge in [-0.05, 0) is 86.3 Å². The largest absolute Gasteiger partial charge is 0.0912 e. The van der Waals surface area contributed by atoms with Gasteiger partial charge in [0.2, 0.25) is 0 Å². The summed E-state index contributed by atoms with van der Waals surface area (Å²) in [5.74, 6) is 3.29. The molecular weight excluding hydrogens is 336 g/mol. The molecule has 0 radical (unpaired) electrons. The molecule has 0 nitrogen and oxygen atoms in total. The zero-order chi connectivity index (χ0) is 19.5. The highest BCUT2D eigenvalue weighted by Crippen LogP contribution is 2.53. The van der Waals surface area contributed by atoms with Crippen molar-refractivity contribution >= 4 is 0 Å². The summed E-state index contributed by atoms with van der Waals surface area (Å²) in [5, 5.41) is 0. The van der Waals surface area contributed by atoms with E-state index in [0.29, 0.717) is 0 Å². The van der Waals surface area contributed by atoms with Gasteiger partial charge in [0.25, 0.3) is 0 Å². The standard InChI is InChI=1S/C28H44/c1-4-25-27(23-16-10-6-11-17-23)20(2)26(22-14-8-5-9-15-22)21(3)28(25)24-18-12-7-13-19-24/h22-24,28H,2,4-19H2,1,3H3. The molecule has 4 aliphatic carbocycles. The third kappa shape index (κ3) is 3.95. The lowest BCUT2D eigenvalue weighted by molar-refractivity contribution is 0.287. The van der Waals surface area contributed by atoms with Crippen molar-refractivity contribution in [2.24, 2.45) is 23.7 Å². The third-order valence-electron chi connectivity index (χ3n) is 8.79. The highest BCUT2D eigenvalue weighted by atomic mass is 14.4. The molecule has 0 bridgehead atoms. The van der Waals surface area contributed by atoms with Gasteiger partial charge in [0, 0.05) is 5.92 Å². The smallest absolute Gasteiger partial charge is 0.00446 e. The van der Waals surface area contributed by atoms with E-state index in [1.54, 1.807) is 16.7 Å². The van der Waals surface area contributed by atoms with E-state index in [1.807, 2.05) is 5.57 Å². The molecule has 3 fully saturated rings. The van der Waals surface area contributed by atoms with Crippen molar-refractivity contribution < 1.29 is 0 Å². The number of hydrogen-bond donors (Lipinski definition) is 0. The molecule has 0 heteroatoms. The van der Waals surface area contributed by atoms with Crippen molar-refractivity contribution in [3.8, 4) is 0 Å². The van der Waals surface area contributed by atoms with Gasteiger partial charge in [-0.1, -0.05) is 82.4 Å². The van der Waals surface area contributed by atoms with E-state index in [-0.39, 0.29) is 0 Å². The molecule has 0 aromatic heterocycles. The predicted molar refractivity (Wildman–Crippen MR) is 122 cm³/mol. The van der Waals surface area contributed by atoms with Crippen LogP contribution >= 0.6 is 0 Å². The van der Waals surface area contributed by atoms with Crippen LogP contribution in [-0.4, -0.2) is 0 Å². The summed E-state index contributed by atoms with van der Waals surface area (Å²) in [6.45, 7) is 9.81. The Morgan fingerprint density at radius 1 is 0.679 bits per heavy atom. The van der Waals surface area contributed by atoms with Crippen LogP contribution < -0.4 is 0 Å². The van der Waals surface area contributed by atoms with E-state index in [2.05, 4.69) is 13.8 Å². The van der Waals surface area contributed by atoms with Crippen molar-refractivity contribution in [3.63, 3.8) is 0 Å². The van der Waals surface area contributed by atoms with Crippen LogP contribution in [0.3, 0.4) is 0 Å². The van der Waals surface area contributed by atoms with Crippen molar-refractivity contribution in [2.45, 2.75) is 117 Å². The van der Waals surface area contributed by atoms with Crippen molar-refractivity contribution in [1.29, 1.82) is 0 Å². The molecule has 0 N–H and O–H groups in total. The van der Waals surface area contributed by atoms with Gasteiger partial charge in [0.1, 0.15) is 0 Å². The van der Waals surface area contributed by atoms with Crippen LogP contribution in [0.25, 0.3) is 0 Å². The second-order valence-electron chi connectivity index (χ2n) is 10.4. The molecule has 0 spiro atoms. The monoisotopic (exact) mass is 380 g/mol. The minimum Gasteiger partial charge on any atom is -0.0912 e. The maximum absolute atomic E-state index is 4.84. The van der Waals surface area contributed by atoms with Crippen molar-refractivity contribution in [1.82, 2.24) is 0 Å². The van der Waals surface area contributed by atoms with Gasteiger partial charge in [-0.25, -0.2) is 0 Å². The van der Waals surface area contributed by atoms with Gasteiger partial charge in [-0.15, -0.1) is 0 Å². The molecule has 0 aromatic carbocycles. The van der Waals surface area contributed by atoms with E-state index in [4.69, 9.17) is 6.58 Å². The molecule has 0 amide bonds. The minimum atomic E-state index is 0.754. The van der Waals surface area contributed by atoms with E-state index in [0.717, 1.165) is 23.7 Å². The lowest BCUT2D eigenvalue weighted by Crippen LogP contribution is -2.30. The first kappa shape index (κ1) is 20.5. The Morgan fingerprint density at radius 3 is 1.64 bits per heavy atom. The quantitative estimate of drug-likeness (QED) is 0.456. The number of rotatable bonds is 4. The summed E-state index contributed by atoms with van der Waals surface area (Å²) in [4.78, 5) is 0. The first-order valence-electron chi connectivity index (χ1n) is 12.9. The second-order valence-corrected chi connectivity index (χ2v) is 10.4. The summed E-state index contributed by atoms with van der Waals surface area (Å²) in [6, 6.07) is 0. The minimum absolute atomic E-state index is 0.754. The maximum Gasteiger partial charge on any atom is 0.00446 e. The van der Waals surface area contributed by atoms with Gasteiger partial charge in [-0.3, -0.25) is 0 Å². The molecule has 0 aromatic rings. The lowest BCUT2D eigenvalue weighted by atomic mass is 9.61. The van der Waals surface area contributed by atoms with E-state index in [1.165, 1.54) is 108 Å². The van der Waals surface area contributed by atoms with Crippen LogP contribution in [-0.2, 0) is 0 Å². The molecule has 3 saturated carbocycles. The molecule has 0 saturated heterocycles. The molecule has 156 valence electrons. The molecular formula is C28H44. The summed E-state index contributed by atoms with van der Waals surface area (Å²) in [7, 11) is 0. The Balaban J connectivity index is 1.76. The number of hydrogen-bond acceptors (Lipinski definition) is 0. The molecule has 28 heavy (non-hydrogen) atoms. The van der Waals surface area contributed by atoms with Crippen molar-refractivity contribution in [3.05, 3.63) is 34.4 Å². The normalized spacial score (nSPS) is 29.6. The van der Waals surface area contributed by atoms with E-state index in [9.17, 15) is 0 Å². The Morgan fingerprint density at radius 2 is 1.14 bits per heavy atom. The first-order chi connectivity index (χ1) is 13.7. The van der Waals surface area contributed by atoms with Gasteiger partial charge in [0.15, 0.2) is 0 Å². The second kappa shape index (κ2) is 9.36. The Hall–Kier alpha value is -0.780. The Kier molecular flexibility index (Phi) is 6.85. The highest BCUT2D eigenvalue weighted by molar-refractivity contribution is 5.57. The zero-order valence-corrected chi connectivity index (χ0v) is 18.8. The molecule has 0 aliphatic heterocycles. The Labute approximate surface area is 175 Å². The maximum atomic E-state index is 4.84. The van der Waals surface area contributed by atoms with E-state index < -0.39 is 0 Å². The summed E-state index contributed by atoms with van der Waals surface area (Å²) in [6.07, 6.45) is 22.9. The fraction of sp³-hybridized carbons (Fsp3) is 0.786. The van der Waals surface area contributed by atoms with Crippen LogP contribution in [0.1, 0.15) is 117 Å². The molecule has 1 unspecified atom stereocenters. The lowest BCUT2D eigenvalue weighted by Gasteiger charge is -2.44. The highest BCUT2D eigenvalue weighted by Gasteiger charge is 2.39. The average Bonchev–Trinajstić information content (AvgIpc) is 2.75. The van der Waals surface area contributed by atoms with Gasteiger partial charge in [0.05, 0.1) is 0 Å². The topological polar surface area (TPSA) is 0 Å². The van der Waals surface area contributed by atoms with Crippen LogP contribution in [0.2, 0.25) is 0 Å². The molecule has 0 heterocycles. The zero-order valence-electron chi connectivity index (χ0n) is 18.8. The van der Waals surface area contributed by atoms with E-state index >= 15 is 0 Å². The van der Waals surface area contributed by atoms with Crippen LogP contribution in [0.5, 0.6) is 0 Å². The average molecular weight is 381 g/mol. The summed E-state index contributed by atoms with van der Waals surface area (Å²) in [5.41, 5.74) is 8.65. The van der Waals surface area contributed by atoms with Gasteiger partial charge >= 0.3 is 0 Å². The van der Waals surface area contributed by atoms with Gasteiger partial charge in [-0.2, -0.15) is 0 Å². The fourth-order valence-corrected chi connectivity index (χ4v) is 7.55. The summed E-state index contributed by atoms with van der Waals surface area (Å²) >= 11 is 0. The Bertz CT molecular complexity index is 612. The predicted octanol–water partition coefficient (Wildman–Crippen LogP) is 8.94. The SMILES string of the molecule is C=C1C(C2CCCCC2)=C(C)C(C2CCCCC2)C(CC)=C1C1CCCCC1. The van der Waals surface area contributed by atoms with Crippen LogP contribution in [0, 0.1) is 23.7 Å². The molecule has 4 rings (SSSR count). The fourth-order valence-electron chi connectivity index (χ4n) is 7.55. The molecule has 1 atom stereocenters. The molecule has 4 aliphatic rings. The van der Waals surface area contributed by atoms with Gasteiger partial charge < -0.3 is 0 Å². The van der Waals surface area contributed by atoms with Crippen molar-refractivity contribution in [2.75, 3.05) is 0 Å². The van der Waals surface area contributed by atoms with Crippen LogP contribution in [0.15, 0.2) is 34.4 Å². The third-order valence-corrected chi connectivity index (χ3v) is 8.79. The first-order valence-corrected chi connectivity index (χ1v) is 12.9. The number of allylic oxidation sites excluding steroid dienone is 5.